The van der Waals surface area contributed by atoms with Gasteiger partial charge in [-0.05, 0) is 6.92 Å². The summed E-state index contributed by atoms with van der Waals surface area (Å²) in [5, 5.41) is 9.24. The predicted molar refractivity (Wildman–Crippen MR) is 77.9 cm³/mol. The van der Waals surface area contributed by atoms with Crippen molar-refractivity contribution in [2.75, 3.05) is 25.4 Å². The maximum Gasteiger partial charge on any atom is 0.274 e. The number of hydrogen-bond donors (Lipinski definition) is 2. The number of nitrogens with zero attached hydrogens (tertiary/aromatic N) is 3. The SMILES string of the molecule is CC1CN(C(=O)c2nc(C(C)C)ncc2N)CC(CO)O1. The molecule has 2 heterocycles. The molecular formula is C14H22N4O3. The third-order valence-corrected chi connectivity index (χ3v) is 3.37. The van der Waals surface area contributed by atoms with Crippen molar-refractivity contribution in [2.45, 2.75) is 38.9 Å². The Hall–Kier alpha value is -1.73. The second-order valence-corrected chi connectivity index (χ2v) is 5.65. The van der Waals surface area contributed by atoms with Crippen LogP contribution in [0.25, 0.3) is 0 Å². The molecule has 2 rings (SSSR count). The summed E-state index contributed by atoms with van der Waals surface area (Å²) in [5.74, 6) is 0.462. The summed E-state index contributed by atoms with van der Waals surface area (Å²) in [6, 6.07) is 0. The number of aromatic nitrogens is 2. The van der Waals surface area contributed by atoms with Gasteiger partial charge in [-0.15, -0.1) is 0 Å². The van der Waals surface area contributed by atoms with Gasteiger partial charge in [0.25, 0.3) is 5.91 Å². The van der Waals surface area contributed by atoms with Gasteiger partial charge in [0, 0.05) is 19.0 Å². The second kappa shape index (κ2) is 6.36. The number of ether oxygens (including phenoxy) is 1. The minimum atomic E-state index is -0.370. The van der Waals surface area contributed by atoms with E-state index in [1.165, 1.54) is 6.20 Å². The standard InChI is InChI=1S/C14H22N4O3/c1-8(2)13-16-4-11(15)12(17-13)14(20)18-5-9(3)21-10(6-18)7-19/h4,8-10,19H,5-7,15H2,1-3H3. The first kappa shape index (κ1) is 15.7. The lowest BCUT2D eigenvalue weighted by atomic mass is 10.1. The Morgan fingerprint density at radius 2 is 2.29 bits per heavy atom. The van der Waals surface area contributed by atoms with E-state index in [9.17, 15) is 9.90 Å². The summed E-state index contributed by atoms with van der Waals surface area (Å²) < 4.78 is 5.54. The van der Waals surface area contributed by atoms with Crippen LogP contribution in [0.4, 0.5) is 5.69 Å². The van der Waals surface area contributed by atoms with Crippen LogP contribution in [-0.4, -0.2) is 57.8 Å². The van der Waals surface area contributed by atoms with Crippen molar-refractivity contribution in [1.29, 1.82) is 0 Å². The number of aliphatic hydroxyl groups is 1. The van der Waals surface area contributed by atoms with Crippen molar-refractivity contribution in [3.63, 3.8) is 0 Å². The molecule has 2 unspecified atom stereocenters. The molecule has 0 radical (unpaired) electrons. The normalized spacial score (nSPS) is 22.6. The molecule has 1 saturated heterocycles. The minimum Gasteiger partial charge on any atom is -0.396 e. The fourth-order valence-electron chi connectivity index (χ4n) is 2.32. The fourth-order valence-corrected chi connectivity index (χ4v) is 2.32. The Morgan fingerprint density at radius 1 is 1.57 bits per heavy atom. The van der Waals surface area contributed by atoms with Crippen LogP contribution in [0.3, 0.4) is 0 Å². The smallest absolute Gasteiger partial charge is 0.274 e. The van der Waals surface area contributed by atoms with Gasteiger partial charge in [-0.3, -0.25) is 4.79 Å². The summed E-state index contributed by atoms with van der Waals surface area (Å²) in [6.45, 7) is 6.45. The van der Waals surface area contributed by atoms with E-state index in [2.05, 4.69) is 9.97 Å². The van der Waals surface area contributed by atoms with E-state index >= 15 is 0 Å². The molecule has 116 valence electrons. The van der Waals surface area contributed by atoms with Crippen molar-refractivity contribution in [1.82, 2.24) is 14.9 Å². The number of amides is 1. The lowest BCUT2D eigenvalue weighted by Gasteiger charge is -2.36. The largest absolute Gasteiger partial charge is 0.396 e. The van der Waals surface area contributed by atoms with E-state index in [-0.39, 0.29) is 42.0 Å². The third-order valence-electron chi connectivity index (χ3n) is 3.37. The van der Waals surface area contributed by atoms with E-state index < -0.39 is 0 Å². The molecular weight excluding hydrogens is 272 g/mol. The highest BCUT2D eigenvalue weighted by Crippen LogP contribution is 2.18. The lowest BCUT2D eigenvalue weighted by Crippen LogP contribution is -2.50. The van der Waals surface area contributed by atoms with Gasteiger partial charge in [0.2, 0.25) is 0 Å². The number of morpholine rings is 1. The summed E-state index contributed by atoms with van der Waals surface area (Å²) in [4.78, 5) is 22.7. The first-order chi connectivity index (χ1) is 9.92. The van der Waals surface area contributed by atoms with Crippen LogP contribution in [0.1, 0.15) is 43.0 Å². The number of nitrogens with two attached hydrogens (primary N) is 1. The highest BCUT2D eigenvalue weighted by molar-refractivity contribution is 5.97. The predicted octanol–water partition coefficient (Wildman–Crippen LogP) is 0.404. The molecule has 1 aromatic heterocycles. The van der Waals surface area contributed by atoms with Gasteiger partial charge in [0.1, 0.15) is 5.82 Å². The van der Waals surface area contributed by atoms with Crippen LogP contribution >= 0.6 is 0 Å². The second-order valence-electron chi connectivity index (χ2n) is 5.65. The number of hydrogen-bond acceptors (Lipinski definition) is 6. The van der Waals surface area contributed by atoms with Crippen LogP contribution < -0.4 is 5.73 Å². The van der Waals surface area contributed by atoms with Crippen molar-refractivity contribution in [2.24, 2.45) is 0 Å². The number of anilines is 1. The number of nitrogen functional groups attached to an aromatic ring is 1. The number of carbonyl (C=O) groups is 1. The van der Waals surface area contributed by atoms with Crippen molar-refractivity contribution in [3.8, 4) is 0 Å². The van der Waals surface area contributed by atoms with Crippen LogP contribution in [0.2, 0.25) is 0 Å². The summed E-state index contributed by atoms with van der Waals surface area (Å²) in [6.07, 6.45) is 0.973. The topological polar surface area (TPSA) is 102 Å². The maximum absolute atomic E-state index is 12.6. The monoisotopic (exact) mass is 294 g/mol. The number of aliphatic hydroxyl groups excluding tert-OH is 1. The molecule has 1 amide bonds. The van der Waals surface area contributed by atoms with Gasteiger partial charge >= 0.3 is 0 Å². The first-order valence-electron chi connectivity index (χ1n) is 7.10. The van der Waals surface area contributed by atoms with Gasteiger partial charge < -0.3 is 20.5 Å². The molecule has 7 heteroatoms. The van der Waals surface area contributed by atoms with E-state index in [0.717, 1.165) is 0 Å². The van der Waals surface area contributed by atoms with Crippen molar-refractivity contribution < 1.29 is 14.6 Å². The molecule has 0 aliphatic carbocycles. The molecule has 1 aromatic rings. The molecule has 1 aliphatic rings. The van der Waals surface area contributed by atoms with Crippen LogP contribution in [0.15, 0.2) is 6.20 Å². The highest BCUT2D eigenvalue weighted by Gasteiger charge is 2.30. The Bertz CT molecular complexity index is 521. The number of rotatable bonds is 3. The summed E-state index contributed by atoms with van der Waals surface area (Å²) in [5.41, 5.74) is 6.34. The molecule has 0 saturated carbocycles. The molecule has 3 N–H and O–H groups in total. The molecule has 1 aliphatic heterocycles. The average molecular weight is 294 g/mol. The molecule has 1 fully saturated rings. The van der Waals surface area contributed by atoms with Gasteiger partial charge in [-0.1, -0.05) is 13.8 Å². The van der Waals surface area contributed by atoms with E-state index in [1.54, 1.807) is 4.90 Å². The summed E-state index contributed by atoms with van der Waals surface area (Å²) in [7, 11) is 0. The average Bonchev–Trinajstić information content (AvgIpc) is 2.46. The van der Waals surface area contributed by atoms with Gasteiger partial charge in [-0.25, -0.2) is 9.97 Å². The third kappa shape index (κ3) is 3.48. The van der Waals surface area contributed by atoms with Crippen LogP contribution in [0, 0.1) is 0 Å². The molecule has 7 nitrogen and oxygen atoms in total. The highest BCUT2D eigenvalue weighted by atomic mass is 16.5. The van der Waals surface area contributed by atoms with Crippen molar-refractivity contribution >= 4 is 11.6 Å². The molecule has 0 bridgehead atoms. The first-order valence-corrected chi connectivity index (χ1v) is 7.10. The Kier molecular flexibility index (Phi) is 4.74. The quantitative estimate of drug-likeness (QED) is 0.837. The van der Waals surface area contributed by atoms with E-state index in [4.69, 9.17) is 10.5 Å². The van der Waals surface area contributed by atoms with Gasteiger partial charge in [0.15, 0.2) is 5.69 Å². The number of carbonyl (C=O) groups excluding carboxylic acids is 1. The molecule has 21 heavy (non-hydrogen) atoms. The zero-order valence-electron chi connectivity index (χ0n) is 12.6. The lowest BCUT2D eigenvalue weighted by molar-refractivity contribution is -0.0859. The summed E-state index contributed by atoms with van der Waals surface area (Å²) >= 11 is 0. The molecule has 2 atom stereocenters. The zero-order valence-corrected chi connectivity index (χ0v) is 12.6. The Labute approximate surface area is 124 Å². The van der Waals surface area contributed by atoms with Crippen molar-refractivity contribution in [3.05, 3.63) is 17.7 Å². The zero-order chi connectivity index (χ0) is 15.6. The maximum atomic E-state index is 12.6. The van der Waals surface area contributed by atoms with Gasteiger partial charge in [0.05, 0.1) is 30.7 Å². The van der Waals surface area contributed by atoms with E-state index in [0.29, 0.717) is 18.9 Å². The fraction of sp³-hybridized carbons (Fsp3) is 0.643. The molecule has 0 spiro atoms. The van der Waals surface area contributed by atoms with Crippen LogP contribution in [-0.2, 0) is 4.74 Å². The van der Waals surface area contributed by atoms with E-state index in [1.807, 2.05) is 20.8 Å². The van der Waals surface area contributed by atoms with Crippen LogP contribution in [0.5, 0.6) is 0 Å². The van der Waals surface area contributed by atoms with Gasteiger partial charge in [-0.2, -0.15) is 0 Å². The molecule has 0 aromatic carbocycles. The minimum absolute atomic E-state index is 0.117. The Morgan fingerprint density at radius 3 is 2.90 bits per heavy atom. The Balaban J connectivity index is 2.24.